The quantitative estimate of drug-likeness (QED) is 0.921. The number of imidazole rings is 1. The molecule has 18 heavy (non-hydrogen) atoms. The molecule has 0 radical (unpaired) electrons. The number of nitrogen functional groups attached to an aromatic ring is 1. The highest BCUT2D eigenvalue weighted by molar-refractivity contribution is 6.42. The molecule has 0 amide bonds. The van der Waals surface area contributed by atoms with E-state index in [-0.39, 0.29) is 0 Å². The van der Waals surface area contributed by atoms with Crippen LogP contribution in [0.4, 0.5) is 5.95 Å². The molecule has 1 aromatic carbocycles. The van der Waals surface area contributed by atoms with Gasteiger partial charge in [-0.3, -0.25) is 0 Å². The molecule has 5 heteroatoms. The fourth-order valence-electron chi connectivity index (χ4n) is 2.44. The fourth-order valence-corrected chi connectivity index (χ4v) is 2.76. The molecule has 2 aromatic rings. The average molecular weight is 284 g/mol. The van der Waals surface area contributed by atoms with Gasteiger partial charge in [-0.1, -0.05) is 30.1 Å². The van der Waals surface area contributed by atoms with E-state index in [0.29, 0.717) is 21.4 Å². The summed E-state index contributed by atoms with van der Waals surface area (Å²) in [5.41, 5.74) is 8.21. The van der Waals surface area contributed by atoms with Crippen LogP contribution in [-0.2, 0) is 6.54 Å². The van der Waals surface area contributed by atoms with E-state index in [2.05, 4.69) is 16.5 Å². The second-order valence-corrected chi connectivity index (χ2v) is 5.98. The number of aromatic nitrogens is 2. The SMILES string of the molecule is CCC1(Cn2c(N)nc3cc(Cl)c(Cl)cc32)CC1. The Morgan fingerprint density at radius 1 is 1.33 bits per heavy atom. The van der Waals surface area contributed by atoms with Crippen molar-refractivity contribution in [3.63, 3.8) is 0 Å². The summed E-state index contributed by atoms with van der Waals surface area (Å²) in [6, 6.07) is 3.63. The molecular formula is C13H15Cl2N3. The minimum Gasteiger partial charge on any atom is -0.369 e. The van der Waals surface area contributed by atoms with Gasteiger partial charge in [0.1, 0.15) is 0 Å². The third-order valence-electron chi connectivity index (χ3n) is 4.02. The molecule has 1 aromatic heterocycles. The highest BCUT2D eigenvalue weighted by Crippen LogP contribution is 2.50. The molecule has 0 atom stereocenters. The van der Waals surface area contributed by atoms with Crippen LogP contribution in [0.25, 0.3) is 11.0 Å². The van der Waals surface area contributed by atoms with Crippen molar-refractivity contribution in [2.24, 2.45) is 5.41 Å². The van der Waals surface area contributed by atoms with Gasteiger partial charge in [-0.25, -0.2) is 4.98 Å². The molecule has 1 heterocycles. The topological polar surface area (TPSA) is 43.8 Å². The molecule has 1 aliphatic rings. The summed E-state index contributed by atoms with van der Waals surface area (Å²) in [7, 11) is 0. The van der Waals surface area contributed by atoms with Crippen molar-refractivity contribution in [3.8, 4) is 0 Å². The first kappa shape index (κ1) is 12.1. The van der Waals surface area contributed by atoms with E-state index < -0.39 is 0 Å². The number of hydrogen-bond acceptors (Lipinski definition) is 2. The number of fused-ring (bicyclic) bond motifs is 1. The summed E-state index contributed by atoms with van der Waals surface area (Å²) >= 11 is 12.1. The van der Waals surface area contributed by atoms with Gasteiger partial charge in [0.25, 0.3) is 0 Å². The summed E-state index contributed by atoms with van der Waals surface area (Å²) < 4.78 is 2.06. The number of anilines is 1. The molecule has 3 nitrogen and oxygen atoms in total. The average Bonchev–Trinajstić information content (AvgIpc) is 3.05. The van der Waals surface area contributed by atoms with Crippen LogP contribution < -0.4 is 5.73 Å². The smallest absolute Gasteiger partial charge is 0.201 e. The van der Waals surface area contributed by atoms with Gasteiger partial charge in [0.15, 0.2) is 0 Å². The van der Waals surface area contributed by atoms with E-state index >= 15 is 0 Å². The number of nitrogens with two attached hydrogens (primary N) is 1. The minimum atomic E-state index is 0.411. The molecule has 0 unspecified atom stereocenters. The van der Waals surface area contributed by atoms with Gasteiger partial charge >= 0.3 is 0 Å². The maximum Gasteiger partial charge on any atom is 0.201 e. The van der Waals surface area contributed by atoms with Crippen molar-refractivity contribution in [2.75, 3.05) is 5.73 Å². The Labute approximate surface area is 116 Å². The highest BCUT2D eigenvalue weighted by Gasteiger charge is 2.41. The van der Waals surface area contributed by atoms with E-state index in [9.17, 15) is 0 Å². The van der Waals surface area contributed by atoms with Gasteiger partial charge in [-0.2, -0.15) is 0 Å². The summed E-state index contributed by atoms with van der Waals surface area (Å²) in [5.74, 6) is 0.544. The molecule has 0 saturated heterocycles. The van der Waals surface area contributed by atoms with E-state index in [1.807, 2.05) is 6.07 Å². The van der Waals surface area contributed by atoms with Crippen molar-refractivity contribution < 1.29 is 0 Å². The Bertz CT molecular complexity index is 614. The van der Waals surface area contributed by atoms with Crippen LogP contribution in [0.15, 0.2) is 12.1 Å². The predicted molar refractivity (Wildman–Crippen MR) is 76.1 cm³/mol. The molecule has 0 bridgehead atoms. The maximum absolute atomic E-state index is 6.08. The Morgan fingerprint density at radius 2 is 2.00 bits per heavy atom. The van der Waals surface area contributed by atoms with E-state index in [4.69, 9.17) is 28.9 Å². The lowest BCUT2D eigenvalue weighted by molar-refractivity contribution is 0.418. The molecule has 0 spiro atoms. The summed E-state index contributed by atoms with van der Waals surface area (Å²) in [5, 5.41) is 1.07. The monoisotopic (exact) mass is 283 g/mol. The zero-order valence-electron chi connectivity index (χ0n) is 10.2. The van der Waals surface area contributed by atoms with Gasteiger partial charge < -0.3 is 10.3 Å². The number of rotatable bonds is 3. The second kappa shape index (κ2) is 4.04. The van der Waals surface area contributed by atoms with E-state index in [1.165, 1.54) is 19.3 Å². The van der Waals surface area contributed by atoms with Crippen LogP contribution in [0.1, 0.15) is 26.2 Å². The number of benzene rings is 1. The van der Waals surface area contributed by atoms with E-state index in [0.717, 1.165) is 17.6 Å². The van der Waals surface area contributed by atoms with Crippen LogP contribution >= 0.6 is 23.2 Å². The fraction of sp³-hybridized carbons (Fsp3) is 0.462. The van der Waals surface area contributed by atoms with Gasteiger partial charge in [-0.05, 0) is 36.8 Å². The first-order valence-electron chi connectivity index (χ1n) is 6.15. The molecule has 1 aliphatic carbocycles. The van der Waals surface area contributed by atoms with Crippen LogP contribution in [0.2, 0.25) is 10.0 Å². The molecule has 1 saturated carbocycles. The summed E-state index contributed by atoms with van der Waals surface area (Å²) in [6.45, 7) is 3.15. The van der Waals surface area contributed by atoms with E-state index in [1.54, 1.807) is 6.07 Å². The third-order valence-corrected chi connectivity index (χ3v) is 4.74. The molecule has 2 N–H and O–H groups in total. The third kappa shape index (κ3) is 1.86. The Morgan fingerprint density at radius 3 is 2.61 bits per heavy atom. The first-order chi connectivity index (χ1) is 8.54. The van der Waals surface area contributed by atoms with Crippen molar-refractivity contribution in [1.29, 1.82) is 0 Å². The van der Waals surface area contributed by atoms with Crippen LogP contribution in [0.5, 0.6) is 0 Å². The predicted octanol–water partition coefficient (Wildman–Crippen LogP) is 4.12. The van der Waals surface area contributed by atoms with Crippen LogP contribution in [0, 0.1) is 5.41 Å². The normalized spacial score (nSPS) is 17.3. The minimum absolute atomic E-state index is 0.411. The van der Waals surface area contributed by atoms with Crippen LogP contribution in [-0.4, -0.2) is 9.55 Å². The van der Waals surface area contributed by atoms with Crippen molar-refractivity contribution in [3.05, 3.63) is 22.2 Å². The van der Waals surface area contributed by atoms with Crippen LogP contribution in [0.3, 0.4) is 0 Å². The van der Waals surface area contributed by atoms with Gasteiger partial charge in [0.2, 0.25) is 5.95 Å². The second-order valence-electron chi connectivity index (χ2n) is 5.16. The number of nitrogens with zero attached hydrogens (tertiary/aromatic N) is 2. The molecule has 96 valence electrons. The standard InChI is InChI=1S/C13H15Cl2N3/c1-2-13(3-4-13)7-18-11-6-9(15)8(14)5-10(11)17-12(18)16/h5-6H,2-4,7H2,1H3,(H2,16,17). The zero-order chi connectivity index (χ0) is 12.9. The first-order valence-corrected chi connectivity index (χ1v) is 6.91. The molecule has 3 rings (SSSR count). The Balaban J connectivity index is 2.10. The molecular weight excluding hydrogens is 269 g/mol. The van der Waals surface area contributed by atoms with Crippen molar-refractivity contribution in [1.82, 2.24) is 9.55 Å². The van der Waals surface area contributed by atoms with Crippen molar-refractivity contribution >= 4 is 40.2 Å². The highest BCUT2D eigenvalue weighted by atomic mass is 35.5. The van der Waals surface area contributed by atoms with Gasteiger partial charge in [0, 0.05) is 6.54 Å². The zero-order valence-corrected chi connectivity index (χ0v) is 11.7. The maximum atomic E-state index is 6.08. The number of halogens is 2. The Hall–Kier alpha value is -0.930. The molecule has 0 aliphatic heterocycles. The lowest BCUT2D eigenvalue weighted by Crippen LogP contribution is -2.12. The van der Waals surface area contributed by atoms with Gasteiger partial charge in [-0.15, -0.1) is 0 Å². The largest absolute Gasteiger partial charge is 0.369 e. The lowest BCUT2D eigenvalue weighted by Gasteiger charge is -2.15. The summed E-state index contributed by atoms with van der Waals surface area (Å²) in [6.07, 6.45) is 3.71. The molecule has 1 fully saturated rings. The summed E-state index contributed by atoms with van der Waals surface area (Å²) in [4.78, 5) is 4.36. The lowest BCUT2D eigenvalue weighted by atomic mass is 10.0. The Kier molecular flexibility index (Phi) is 2.72. The van der Waals surface area contributed by atoms with Crippen molar-refractivity contribution in [2.45, 2.75) is 32.7 Å². The van der Waals surface area contributed by atoms with Gasteiger partial charge in [0.05, 0.1) is 21.1 Å². The number of hydrogen-bond donors (Lipinski definition) is 1.